The number of aromatic nitrogens is 2. The molecule has 0 aromatic carbocycles. The Morgan fingerprint density at radius 2 is 2.00 bits per heavy atom. The van der Waals surface area contributed by atoms with Crippen LogP contribution in [0.4, 0.5) is 24.7 Å². The molecule has 3 N–H and O–H groups in total. The van der Waals surface area contributed by atoms with E-state index >= 15 is 0 Å². The molecule has 33 heavy (non-hydrogen) atoms. The van der Waals surface area contributed by atoms with Crippen molar-refractivity contribution in [3.8, 4) is 0 Å². The van der Waals surface area contributed by atoms with Crippen LogP contribution in [0, 0.1) is 6.92 Å². The average molecular weight is 461 g/mol. The molecule has 9 nitrogen and oxygen atoms in total. The molecule has 0 spiro atoms. The topological polar surface area (TPSA) is 126 Å². The molecule has 0 fully saturated rings. The zero-order valence-corrected chi connectivity index (χ0v) is 17.9. The van der Waals surface area contributed by atoms with Gasteiger partial charge in [0.2, 0.25) is 0 Å². The minimum absolute atomic E-state index is 0.0723. The highest BCUT2D eigenvalue weighted by Gasteiger charge is 2.32. The van der Waals surface area contributed by atoms with Crippen molar-refractivity contribution in [3.05, 3.63) is 60.2 Å². The van der Waals surface area contributed by atoms with Gasteiger partial charge < -0.3 is 16.0 Å². The molecule has 0 aliphatic carbocycles. The number of amides is 2. The number of hydrogen-bond acceptors (Lipinski definition) is 6. The second kappa shape index (κ2) is 10.5. The summed E-state index contributed by atoms with van der Waals surface area (Å²) in [4.78, 5) is 42.1. The van der Waals surface area contributed by atoms with Crippen molar-refractivity contribution in [3.63, 3.8) is 0 Å². The van der Waals surface area contributed by atoms with E-state index in [-0.39, 0.29) is 29.6 Å². The fourth-order valence-electron chi connectivity index (χ4n) is 2.73. The maximum atomic E-state index is 13.0. The number of aryl methyl sites for hydroxylation is 1. The van der Waals surface area contributed by atoms with E-state index < -0.39 is 29.6 Å². The van der Waals surface area contributed by atoms with Crippen LogP contribution in [0.2, 0.25) is 0 Å². The predicted octanol–water partition coefficient (Wildman–Crippen LogP) is 2.98. The van der Waals surface area contributed by atoms with Crippen molar-refractivity contribution in [1.29, 1.82) is 0 Å². The normalized spacial score (nSPS) is 12.6. The van der Waals surface area contributed by atoms with Crippen LogP contribution in [0.25, 0.3) is 0 Å². The summed E-state index contributed by atoms with van der Waals surface area (Å²) in [7, 11) is 0. The van der Waals surface area contributed by atoms with Crippen LogP contribution in [0.15, 0.2) is 53.4 Å². The van der Waals surface area contributed by atoms with Crippen LogP contribution >= 0.6 is 0 Å². The molecule has 0 saturated carbocycles. The van der Waals surface area contributed by atoms with Crippen LogP contribution in [0.5, 0.6) is 0 Å². The summed E-state index contributed by atoms with van der Waals surface area (Å²) in [6, 6.07) is 2.61. The molecule has 2 amide bonds. The van der Waals surface area contributed by atoms with Crippen LogP contribution in [-0.4, -0.2) is 45.3 Å². The second-order valence-electron chi connectivity index (χ2n) is 6.85. The molecule has 0 saturated heterocycles. The van der Waals surface area contributed by atoms with E-state index in [0.717, 1.165) is 17.0 Å². The number of aliphatic imine (C=N–C) groups is 2. The van der Waals surface area contributed by atoms with Crippen molar-refractivity contribution >= 4 is 35.9 Å². The third-order valence-electron chi connectivity index (χ3n) is 4.54. The number of amidine groups is 1. The summed E-state index contributed by atoms with van der Waals surface area (Å²) in [5.74, 6) is -1.67. The Labute approximate surface area is 188 Å². The van der Waals surface area contributed by atoms with Crippen LogP contribution in [-0.2, 0) is 22.3 Å². The maximum Gasteiger partial charge on any atom is 0.417 e. The van der Waals surface area contributed by atoms with Crippen molar-refractivity contribution in [2.24, 2.45) is 9.98 Å². The molecule has 1 atom stereocenters. The predicted molar refractivity (Wildman–Crippen MR) is 118 cm³/mol. The van der Waals surface area contributed by atoms with E-state index in [4.69, 9.17) is 5.73 Å². The zero-order valence-electron chi connectivity index (χ0n) is 17.9. The van der Waals surface area contributed by atoms with Crippen molar-refractivity contribution < 1.29 is 22.8 Å². The number of alkyl halides is 3. The Morgan fingerprint density at radius 3 is 2.52 bits per heavy atom. The van der Waals surface area contributed by atoms with Crippen LogP contribution in [0.1, 0.15) is 23.7 Å². The molecule has 0 aliphatic heterocycles. The van der Waals surface area contributed by atoms with Crippen molar-refractivity contribution in [1.82, 2.24) is 14.9 Å². The van der Waals surface area contributed by atoms with Gasteiger partial charge in [-0.15, -0.1) is 0 Å². The lowest BCUT2D eigenvalue weighted by molar-refractivity contribution is -0.144. The number of hydrogen-bond donors (Lipinski definition) is 2. The van der Waals surface area contributed by atoms with E-state index in [9.17, 15) is 22.8 Å². The maximum absolute atomic E-state index is 13.0. The Bertz CT molecular complexity index is 1080. The van der Waals surface area contributed by atoms with Gasteiger partial charge >= 0.3 is 18.0 Å². The van der Waals surface area contributed by atoms with Gasteiger partial charge in [0.15, 0.2) is 0 Å². The number of nitrogens with two attached hydrogens (primary N) is 1. The van der Waals surface area contributed by atoms with Crippen LogP contribution in [0.3, 0.4) is 0 Å². The summed E-state index contributed by atoms with van der Waals surface area (Å²) in [5, 5.41) is 2.43. The molecule has 2 heterocycles. The van der Waals surface area contributed by atoms with Crippen molar-refractivity contribution in [2.45, 2.75) is 32.6 Å². The average Bonchev–Trinajstić information content (AvgIpc) is 2.77. The van der Waals surface area contributed by atoms with E-state index in [2.05, 4.69) is 38.6 Å². The summed E-state index contributed by atoms with van der Waals surface area (Å²) < 4.78 is 38.5. The lowest BCUT2D eigenvalue weighted by Crippen LogP contribution is -2.47. The molecule has 2 rings (SSSR count). The lowest BCUT2D eigenvalue weighted by Gasteiger charge is -2.28. The van der Waals surface area contributed by atoms with Crippen LogP contribution < -0.4 is 11.1 Å². The summed E-state index contributed by atoms with van der Waals surface area (Å²) in [5.41, 5.74) is 5.66. The molecule has 0 aliphatic rings. The number of rotatable bonds is 6. The molecule has 2 aromatic rings. The number of anilines is 2. The SMILES string of the molecule is C=CN=C(N=C)C(C)N(Cc1ccc(C(F)(F)F)cn1)C(=O)C(=O)Nc1cnc(N)c(C)c1. The van der Waals surface area contributed by atoms with E-state index in [1.165, 1.54) is 25.4 Å². The van der Waals surface area contributed by atoms with Gasteiger partial charge in [0.25, 0.3) is 0 Å². The van der Waals surface area contributed by atoms with Gasteiger partial charge in [-0.25, -0.2) is 15.0 Å². The standard InChI is InChI=1S/C21H22F3N7O2/c1-5-27-18(26-4)13(3)31(11-15-7-6-14(9-28-15)21(22,23)24)20(33)19(32)30-16-8-12(2)17(25)29-10-16/h5-10,13H,1,4,11H2,2-3H3,(H2,25,29)(H,30,32). The third kappa shape index (κ3) is 6.45. The Hall–Kier alpha value is -4.09. The fourth-order valence-corrected chi connectivity index (χ4v) is 2.73. The fraction of sp³-hybridized carbons (Fsp3) is 0.238. The monoisotopic (exact) mass is 461 g/mol. The van der Waals surface area contributed by atoms with Gasteiger partial charge in [0, 0.05) is 12.4 Å². The highest BCUT2D eigenvalue weighted by atomic mass is 19.4. The minimum atomic E-state index is -4.56. The van der Waals surface area contributed by atoms with E-state index in [1.807, 2.05) is 0 Å². The van der Waals surface area contributed by atoms with Crippen molar-refractivity contribution in [2.75, 3.05) is 11.1 Å². The molecule has 1 unspecified atom stereocenters. The van der Waals surface area contributed by atoms with E-state index in [1.54, 1.807) is 6.92 Å². The zero-order chi connectivity index (χ0) is 24.8. The number of nitrogens with zero attached hydrogens (tertiary/aromatic N) is 5. The smallest absolute Gasteiger partial charge is 0.383 e. The number of nitrogens with one attached hydrogen (secondary N) is 1. The molecule has 0 bridgehead atoms. The molecule has 0 radical (unpaired) electrons. The highest BCUT2D eigenvalue weighted by Crippen LogP contribution is 2.28. The van der Waals surface area contributed by atoms with Gasteiger partial charge in [-0.05, 0) is 44.3 Å². The number of carbonyl (C=O) groups excluding carboxylic acids is 2. The number of carbonyl (C=O) groups is 2. The summed E-state index contributed by atoms with van der Waals surface area (Å²) in [6.45, 7) is 9.77. The molecular weight excluding hydrogens is 439 g/mol. The molecule has 2 aromatic heterocycles. The van der Waals surface area contributed by atoms with Gasteiger partial charge in [-0.3, -0.25) is 14.6 Å². The quantitative estimate of drug-likeness (QED) is 0.389. The lowest BCUT2D eigenvalue weighted by atomic mass is 10.2. The Balaban J connectivity index is 2.34. The molecule has 174 valence electrons. The Morgan fingerprint density at radius 1 is 1.30 bits per heavy atom. The largest absolute Gasteiger partial charge is 0.417 e. The first-order chi connectivity index (χ1) is 15.5. The third-order valence-corrected chi connectivity index (χ3v) is 4.54. The highest BCUT2D eigenvalue weighted by molar-refractivity contribution is 6.39. The second-order valence-corrected chi connectivity index (χ2v) is 6.85. The van der Waals surface area contributed by atoms with Gasteiger partial charge in [-0.1, -0.05) is 6.58 Å². The first kappa shape index (κ1) is 25.2. The molecular formula is C21H22F3N7O2. The number of nitrogen functional groups attached to an aromatic ring is 1. The Kier molecular flexibility index (Phi) is 8.00. The number of pyridine rings is 2. The minimum Gasteiger partial charge on any atom is -0.383 e. The number of halogens is 3. The van der Waals surface area contributed by atoms with Gasteiger partial charge in [0.1, 0.15) is 11.7 Å². The van der Waals surface area contributed by atoms with Gasteiger partial charge in [-0.2, -0.15) is 13.2 Å². The van der Waals surface area contributed by atoms with Gasteiger partial charge in [0.05, 0.1) is 35.7 Å². The van der Waals surface area contributed by atoms with E-state index in [0.29, 0.717) is 11.8 Å². The summed E-state index contributed by atoms with van der Waals surface area (Å²) >= 11 is 0. The summed E-state index contributed by atoms with van der Waals surface area (Å²) in [6.07, 6.45) is -1.44. The molecule has 12 heteroatoms. The first-order valence-electron chi connectivity index (χ1n) is 9.49. The first-order valence-corrected chi connectivity index (χ1v) is 9.49.